The molecule has 1 fully saturated rings. The van der Waals surface area contributed by atoms with Gasteiger partial charge in [-0.15, -0.1) is 12.4 Å². The van der Waals surface area contributed by atoms with E-state index in [2.05, 4.69) is 4.74 Å². The van der Waals surface area contributed by atoms with E-state index in [4.69, 9.17) is 5.73 Å². The number of carbonyl (C=O) groups is 2. The number of aliphatic hydroxyl groups excluding tert-OH is 1. The number of ether oxygens (including phenoxy) is 1. The highest BCUT2D eigenvalue weighted by Gasteiger charge is 2.41. The summed E-state index contributed by atoms with van der Waals surface area (Å²) < 4.78 is 4.64. The van der Waals surface area contributed by atoms with Gasteiger partial charge in [-0.2, -0.15) is 0 Å². The molecule has 0 radical (unpaired) electrons. The molecular weight excluding hydrogens is 272 g/mol. The Labute approximate surface area is 119 Å². The van der Waals surface area contributed by atoms with Crippen molar-refractivity contribution < 1.29 is 19.4 Å². The van der Waals surface area contributed by atoms with Crippen LogP contribution in [0.1, 0.15) is 26.7 Å². The summed E-state index contributed by atoms with van der Waals surface area (Å²) in [5.74, 6) is -0.500. The van der Waals surface area contributed by atoms with Crippen molar-refractivity contribution >= 4 is 24.3 Å². The smallest absolute Gasteiger partial charge is 0.328 e. The van der Waals surface area contributed by atoms with E-state index in [1.54, 1.807) is 0 Å². The van der Waals surface area contributed by atoms with Crippen LogP contribution in [0.25, 0.3) is 0 Å². The Hall–Kier alpha value is -0.850. The molecule has 7 heteroatoms. The zero-order valence-corrected chi connectivity index (χ0v) is 12.4. The molecule has 0 saturated carbocycles. The Morgan fingerprint density at radius 2 is 2.05 bits per heavy atom. The fourth-order valence-corrected chi connectivity index (χ4v) is 2.24. The minimum Gasteiger partial charge on any atom is -0.467 e. The van der Waals surface area contributed by atoms with Crippen molar-refractivity contribution in [2.24, 2.45) is 11.7 Å². The number of β-amino-alcohol motifs (C(OH)–C–C–N with tert-alkyl or cyclic N) is 1. The van der Waals surface area contributed by atoms with Crippen LogP contribution in [0, 0.1) is 5.92 Å². The van der Waals surface area contributed by atoms with Gasteiger partial charge in [0, 0.05) is 13.0 Å². The van der Waals surface area contributed by atoms with Gasteiger partial charge in [-0.25, -0.2) is 4.79 Å². The summed E-state index contributed by atoms with van der Waals surface area (Å²) in [4.78, 5) is 25.0. The maximum Gasteiger partial charge on any atom is 0.328 e. The molecule has 3 unspecified atom stereocenters. The fourth-order valence-electron chi connectivity index (χ4n) is 2.24. The van der Waals surface area contributed by atoms with Crippen LogP contribution in [-0.2, 0) is 14.3 Å². The molecule has 112 valence electrons. The van der Waals surface area contributed by atoms with E-state index >= 15 is 0 Å². The Morgan fingerprint density at radius 3 is 2.53 bits per heavy atom. The van der Waals surface area contributed by atoms with Crippen LogP contribution in [-0.4, -0.2) is 53.7 Å². The average molecular weight is 295 g/mol. The molecule has 3 N–H and O–H groups in total. The summed E-state index contributed by atoms with van der Waals surface area (Å²) in [6.45, 7) is 4.10. The SMILES string of the molecule is COC(=O)C1CC(O)CN1C(=O)C(N)CC(C)C.Cl. The van der Waals surface area contributed by atoms with E-state index in [0.717, 1.165) is 0 Å². The third kappa shape index (κ3) is 4.63. The van der Waals surface area contributed by atoms with Crippen LogP contribution in [0.2, 0.25) is 0 Å². The number of amides is 1. The lowest BCUT2D eigenvalue weighted by Crippen LogP contribution is -2.49. The number of aliphatic hydroxyl groups is 1. The van der Waals surface area contributed by atoms with Crippen molar-refractivity contribution in [2.75, 3.05) is 13.7 Å². The zero-order chi connectivity index (χ0) is 13.9. The van der Waals surface area contributed by atoms with E-state index in [1.807, 2.05) is 13.8 Å². The maximum absolute atomic E-state index is 12.1. The average Bonchev–Trinajstić information content (AvgIpc) is 2.68. The summed E-state index contributed by atoms with van der Waals surface area (Å²) in [6, 6.07) is -1.35. The molecule has 0 aromatic rings. The van der Waals surface area contributed by atoms with E-state index in [0.29, 0.717) is 12.3 Å². The van der Waals surface area contributed by atoms with Crippen LogP contribution in [0.15, 0.2) is 0 Å². The number of likely N-dealkylation sites (tertiary alicyclic amines) is 1. The number of halogens is 1. The zero-order valence-electron chi connectivity index (χ0n) is 11.5. The largest absolute Gasteiger partial charge is 0.467 e. The summed E-state index contributed by atoms with van der Waals surface area (Å²) in [5, 5.41) is 9.58. The highest BCUT2D eigenvalue weighted by atomic mass is 35.5. The molecule has 1 heterocycles. The van der Waals surface area contributed by atoms with Gasteiger partial charge in [0.05, 0.1) is 19.3 Å². The topological polar surface area (TPSA) is 92.9 Å². The van der Waals surface area contributed by atoms with Gasteiger partial charge in [0.25, 0.3) is 0 Å². The van der Waals surface area contributed by atoms with Crippen LogP contribution in [0.4, 0.5) is 0 Å². The number of carbonyl (C=O) groups excluding carboxylic acids is 2. The maximum atomic E-state index is 12.1. The second-order valence-electron chi connectivity index (χ2n) is 5.16. The summed E-state index contributed by atoms with van der Waals surface area (Å²) in [5.41, 5.74) is 5.82. The third-order valence-corrected chi connectivity index (χ3v) is 3.08. The predicted octanol–water partition coefficient (Wildman–Crippen LogP) is -0.0836. The molecule has 0 bridgehead atoms. The van der Waals surface area contributed by atoms with Crippen molar-refractivity contribution in [1.82, 2.24) is 4.90 Å². The molecule has 0 spiro atoms. The molecule has 0 aromatic heterocycles. The Balaban J connectivity index is 0.00000324. The summed E-state index contributed by atoms with van der Waals surface area (Å²) in [6.07, 6.45) is 0.0795. The standard InChI is InChI=1S/C12H22N2O4.ClH/c1-7(2)4-9(13)11(16)14-6-8(15)5-10(14)12(17)18-3;/h7-10,15H,4-6,13H2,1-3H3;1H. The van der Waals surface area contributed by atoms with Crippen LogP contribution >= 0.6 is 12.4 Å². The van der Waals surface area contributed by atoms with Crippen LogP contribution in [0.3, 0.4) is 0 Å². The minimum atomic E-state index is -0.712. The normalized spacial score (nSPS) is 24.0. The first kappa shape index (κ1) is 18.1. The van der Waals surface area contributed by atoms with E-state index in [9.17, 15) is 14.7 Å². The van der Waals surface area contributed by atoms with Crippen molar-refractivity contribution in [3.8, 4) is 0 Å². The van der Waals surface area contributed by atoms with E-state index in [-0.39, 0.29) is 31.3 Å². The van der Waals surface area contributed by atoms with E-state index < -0.39 is 24.2 Å². The van der Waals surface area contributed by atoms with E-state index in [1.165, 1.54) is 12.0 Å². The Bertz CT molecular complexity index is 325. The number of hydrogen-bond acceptors (Lipinski definition) is 5. The number of rotatable bonds is 4. The lowest BCUT2D eigenvalue weighted by Gasteiger charge is -2.26. The highest BCUT2D eigenvalue weighted by Crippen LogP contribution is 2.21. The molecule has 19 heavy (non-hydrogen) atoms. The molecule has 0 aliphatic carbocycles. The van der Waals surface area contributed by atoms with Crippen LogP contribution < -0.4 is 5.73 Å². The highest BCUT2D eigenvalue weighted by molar-refractivity contribution is 5.88. The molecule has 1 rings (SSSR count). The molecule has 6 nitrogen and oxygen atoms in total. The number of methoxy groups -OCH3 is 1. The number of esters is 1. The molecule has 1 amide bonds. The van der Waals surface area contributed by atoms with Crippen molar-refractivity contribution in [2.45, 2.75) is 44.9 Å². The summed E-state index contributed by atoms with van der Waals surface area (Å²) in [7, 11) is 1.27. The predicted molar refractivity (Wildman–Crippen MR) is 72.8 cm³/mol. The van der Waals surface area contributed by atoms with Crippen molar-refractivity contribution in [3.05, 3.63) is 0 Å². The van der Waals surface area contributed by atoms with Crippen molar-refractivity contribution in [3.63, 3.8) is 0 Å². The lowest BCUT2D eigenvalue weighted by molar-refractivity contribution is -0.151. The first-order valence-electron chi connectivity index (χ1n) is 6.18. The molecule has 1 aliphatic heterocycles. The van der Waals surface area contributed by atoms with Gasteiger partial charge >= 0.3 is 5.97 Å². The molecule has 3 atom stereocenters. The number of nitrogens with zero attached hydrogens (tertiary/aromatic N) is 1. The lowest BCUT2D eigenvalue weighted by atomic mass is 10.0. The van der Waals surface area contributed by atoms with Gasteiger partial charge < -0.3 is 20.5 Å². The molecule has 1 saturated heterocycles. The fraction of sp³-hybridized carbons (Fsp3) is 0.833. The van der Waals surface area contributed by atoms with Gasteiger partial charge in [-0.05, 0) is 12.3 Å². The molecule has 0 aromatic carbocycles. The first-order valence-corrected chi connectivity index (χ1v) is 6.18. The molecular formula is C12H23ClN2O4. The van der Waals surface area contributed by atoms with Gasteiger partial charge in [0.15, 0.2) is 0 Å². The Kier molecular flexibility index (Phi) is 7.33. The van der Waals surface area contributed by atoms with Crippen LogP contribution in [0.5, 0.6) is 0 Å². The van der Waals surface area contributed by atoms with Gasteiger partial charge in [-0.3, -0.25) is 4.79 Å². The quantitative estimate of drug-likeness (QED) is 0.707. The second-order valence-corrected chi connectivity index (χ2v) is 5.16. The minimum absolute atomic E-state index is 0. The molecule has 1 aliphatic rings. The van der Waals surface area contributed by atoms with Gasteiger partial charge in [0.2, 0.25) is 5.91 Å². The summed E-state index contributed by atoms with van der Waals surface area (Å²) >= 11 is 0. The van der Waals surface area contributed by atoms with Crippen molar-refractivity contribution in [1.29, 1.82) is 0 Å². The Morgan fingerprint density at radius 1 is 1.47 bits per heavy atom. The third-order valence-electron chi connectivity index (χ3n) is 3.08. The first-order chi connectivity index (χ1) is 8.36. The second kappa shape index (κ2) is 7.67. The number of hydrogen-bond donors (Lipinski definition) is 2. The van der Waals surface area contributed by atoms with Gasteiger partial charge in [-0.1, -0.05) is 13.8 Å². The number of nitrogens with two attached hydrogens (primary N) is 1. The monoisotopic (exact) mass is 294 g/mol. The van der Waals surface area contributed by atoms with Gasteiger partial charge in [0.1, 0.15) is 6.04 Å².